The van der Waals surface area contributed by atoms with Crippen LogP contribution in [0.1, 0.15) is 42.2 Å². The second kappa shape index (κ2) is 15.6. The van der Waals surface area contributed by atoms with Gasteiger partial charge in [0.2, 0.25) is 0 Å². The summed E-state index contributed by atoms with van der Waals surface area (Å²) in [6.07, 6.45) is 1.29. The maximum absolute atomic E-state index is 12.9. The van der Waals surface area contributed by atoms with E-state index in [9.17, 15) is 14.4 Å². The first-order chi connectivity index (χ1) is 22.6. The van der Waals surface area contributed by atoms with Gasteiger partial charge in [-0.15, -0.1) is 0 Å². The summed E-state index contributed by atoms with van der Waals surface area (Å²) in [5.41, 5.74) is 4.33. The molecule has 1 N–H and O–H groups in total. The van der Waals surface area contributed by atoms with Crippen molar-refractivity contribution in [3.63, 3.8) is 0 Å². The highest BCUT2D eigenvalue weighted by molar-refractivity contribution is 6.35. The number of benzene rings is 5. The molecule has 0 heterocycles. The zero-order chi connectivity index (χ0) is 33.3. The summed E-state index contributed by atoms with van der Waals surface area (Å²) in [5, 5.41) is 5.96. The van der Waals surface area contributed by atoms with Crippen LogP contribution < -0.4 is 19.6 Å². The van der Waals surface area contributed by atoms with E-state index in [-0.39, 0.29) is 29.2 Å². The van der Waals surface area contributed by atoms with Crippen LogP contribution in [0.5, 0.6) is 17.2 Å². The van der Waals surface area contributed by atoms with Crippen LogP contribution in [-0.4, -0.2) is 24.1 Å². The van der Waals surface area contributed by atoms with Crippen LogP contribution >= 0.6 is 46.4 Å². The molecule has 1 amide bonds. The van der Waals surface area contributed by atoms with Crippen molar-refractivity contribution in [2.45, 2.75) is 6.61 Å². The van der Waals surface area contributed by atoms with Crippen molar-refractivity contribution in [1.29, 1.82) is 0 Å². The topological polar surface area (TPSA) is 103 Å². The zero-order valence-corrected chi connectivity index (χ0v) is 27.1. The van der Waals surface area contributed by atoms with Gasteiger partial charge in [0.15, 0.2) is 0 Å². The SMILES string of the molecule is O=C(N/N=C\c1ccc(OC(=O)c2ccc(Cl)cc2)cc1OC(=O)c1ccc(Cl)cc1)c1ccc(OCc2ccc(Cl)cc2Cl)cc1. The Morgan fingerprint density at radius 1 is 0.617 bits per heavy atom. The van der Waals surface area contributed by atoms with Gasteiger partial charge in [0.25, 0.3) is 5.91 Å². The summed E-state index contributed by atoms with van der Waals surface area (Å²) in [5.74, 6) is -1.18. The molecule has 0 bridgehead atoms. The number of carbonyl (C=O) groups is 3. The Labute approximate surface area is 289 Å². The molecule has 0 aliphatic heterocycles. The van der Waals surface area contributed by atoms with E-state index in [0.29, 0.717) is 37.0 Å². The van der Waals surface area contributed by atoms with Crippen LogP contribution in [0.15, 0.2) is 114 Å². The zero-order valence-electron chi connectivity index (χ0n) is 24.1. The van der Waals surface area contributed by atoms with E-state index >= 15 is 0 Å². The van der Waals surface area contributed by atoms with E-state index in [1.165, 1.54) is 48.7 Å². The van der Waals surface area contributed by atoms with Gasteiger partial charge in [0.1, 0.15) is 23.9 Å². The standard InChI is InChI=1S/C35H22Cl4N2O6/c36-26-9-1-22(2-10-26)34(43)46-30-16-8-24(32(18-30)47-35(44)23-3-11-27(37)12-4-23)19-40-41-33(42)21-6-14-29(15-7-21)45-20-25-5-13-28(38)17-31(25)39/h1-19H,20H2,(H,41,42)/b40-19-. The Bertz CT molecular complexity index is 1950. The van der Waals surface area contributed by atoms with Gasteiger partial charge in [-0.3, -0.25) is 4.79 Å². The minimum Gasteiger partial charge on any atom is -0.489 e. The Hall–Kier alpha value is -4.86. The highest BCUT2D eigenvalue weighted by Crippen LogP contribution is 2.27. The average molecular weight is 708 g/mol. The smallest absolute Gasteiger partial charge is 0.343 e. The van der Waals surface area contributed by atoms with Gasteiger partial charge in [-0.1, -0.05) is 52.5 Å². The van der Waals surface area contributed by atoms with E-state index in [1.807, 2.05) is 0 Å². The molecule has 0 radical (unpaired) electrons. The predicted molar refractivity (Wildman–Crippen MR) is 182 cm³/mol. The number of halogens is 4. The van der Waals surface area contributed by atoms with Gasteiger partial charge in [-0.25, -0.2) is 15.0 Å². The molecule has 236 valence electrons. The normalized spacial score (nSPS) is 10.8. The van der Waals surface area contributed by atoms with E-state index in [2.05, 4.69) is 10.5 Å². The molecule has 47 heavy (non-hydrogen) atoms. The Balaban J connectivity index is 1.27. The number of amides is 1. The summed E-state index contributed by atoms with van der Waals surface area (Å²) < 4.78 is 16.8. The maximum Gasteiger partial charge on any atom is 0.343 e. The number of hydrogen-bond acceptors (Lipinski definition) is 7. The lowest BCUT2D eigenvalue weighted by Gasteiger charge is -2.11. The molecule has 0 aromatic heterocycles. The number of hydrazone groups is 1. The summed E-state index contributed by atoms with van der Waals surface area (Å²) in [6.45, 7) is 0.218. The van der Waals surface area contributed by atoms with Gasteiger partial charge in [0.05, 0.1) is 17.3 Å². The second-order valence-electron chi connectivity index (χ2n) is 9.74. The molecule has 5 aromatic carbocycles. The fraction of sp³-hybridized carbons (Fsp3) is 0.0286. The van der Waals surface area contributed by atoms with Crippen LogP contribution in [0.25, 0.3) is 0 Å². The third kappa shape index (κ3) is 9.34. The number of esters is 2. The minimum absolute atomic E-state index is 0.0200. The van der Waals surface area contributed by atoms with Gasteiger partial charge in [-0.05, 0) is 97.1 Å². The molecule has 8 nitrogen and oxygen atoms in total. The summed E-state index contributed by atoms with van der Waals surface area (Å²) >= 11 is 24.0. The number of rotatable bonds is 10. The van der Waals surface area contributed by atoms with Crippen LogP contribution in [0.3, 0.4) is 0 Å². The van der Waals surface area contributed by atoms with Gasteiger partial charge in [0, 0.05) is 42.8 Å². The first kappa shape index (κ1) is 33.5. The van der Waals surface area contributed by atoms with Gasteiger partial charge < -0.3 is 14.2 Å². The summed E-state index contributed by atoms with van der Waals surface area (Å²) in [6, 6.07) is 28.2. The molecule has 0 aliphatic carbocycles. The molecular weight excluding hydrogens is 686 g/mol. The molecule has 0 saturated carbocycles. The molecule has 0 aliphatic rings. The lowest BCUT2D eigenvalue weighted by atomic mass is 10.2. The van der Waals surface area contributed by atoms with Crippen LogP contribution in [-0.2, 0) is 6.61 Å². The molecule has 5 aromatic rings. The Morgan fingerprint density at radius 3 is 1.79 bits per heavy atom. The quantitative estimate of drug-likeness (QED) is 0.0672. The molecule has 0 unspecified atom stereocenters. The van der Waals surface area contributed by atoms with E-state index < -0.39 is 17.8 Å². The third-order valence-electron chi connectivity index (χ3n) is 6.45. The minimum atomic E-state index is -0.692. The maximum atomic E-state index is 12.9. The number of nitrogens with zero attached hydrogens (tertiary/aromatic N) is 1. The van der Waals surface area contributed by atoms with Crippen molar-refractivity contribution in [2.75, 3.05) is 0 Å². The molecule has 0 atom stereocenters. The predicted octanol–water partition coefficient (Wildman–Crippen LogP) is 9.08. The monoisotopic (exact) mass is 706 g/mol. The van der Waals surface area contributed by atoms with Crippen LogP contribution in [0.2, 0.25) is 20.1 Å². The first-order valence-electron chi connectivity index (χ1n) is 13.7. The van der Waals surface area contributed by atoms with Crippen molar-refractivity contribution in [2.24, 2.45) is 5.10 Å². The van der Waals surface area contributed by atoms with Gasteiger partial charge in [-0.2, -0.15) is 5.10 Å². The van der Waals surface area contributed by atoms with Crippen LogP contribution in [0.4, 0.5) is 0 Å². The fourth-order valence-electron chi connectivity index (χ4n) is 4.00. The van der Waals surface area contributed by atoms with Crippen molar-refractivity contribution < 1.29 is 28.6 Å². The third-order valence-corrected chi connectivity index (χ3v) is 7.54. The lowest BCUT2D eigenvalue weighted by molar-refractivity contribution is 0.0732. The van der Waals surface area contributed by atoms with E-state index in [1.54, 1.807) is 66.7 Å². The van der Waals surface area contributed by atoms with Crippen LogP contribution in [0, 0.1) is 0 Å². The van der Waals surface area contributed by atoms with Crippen molar-refractivity contribution in [3.8, 4) is 17.2 Å². The average Bonchev–Trinajstić information content (AvgIpc) is 3.06. The first-order valence-corrected chi connectivity index (χ1v) is 15.3. The van der Waals surface area contributed by atoms with Crippen molar-refractivity contribution in [1.82, 2.24) is 5.43 Å². The summed E-state index contributed by atoms with van der Waals surface area (Å²) in [4.78, 5) is 38.3. The molecule has 0 saturated heterocycles. The molecule has 0 spiro atoms. The number of nitrogens with one attached hydrogen (secondary N) is 1. The van der Waals surface area contributed by atoms with Crippen molar-refractivity contribution in [3.05, 3.63) is 157 Å². The highest BCUT2D eigenvalue weighted by atomic mass is 35.5. The van der Waals surface area contributed by atoms with Gasteiger partial charge >= 0.3 is 11.9 Å². The fourth-order valence-corrected chi connectivity index (χ4v) is 4.71. The number of carbonyl (C=O) groups excluding carboxylic acids is 3. The largest absolute Gasteiger partial charge is 0.489 e. The molecule has 0 fully saturated rings. The molecular formula is C35H22Cl4N2O6. The second-order valence-corrected chi connectivity index (χ2v) is 11.5. The highest BCUT2D eigenvalue weighted by Gasteiger charge is 2.15. The summed E-state index contributed by atoms with van der Waals surface area (Å²) in [7, 11) is 0. The molecule has 5 rings (SSSR count). The Morgan fingerprint density at radius 2 is 1.17 bits per heavy atom. The van der Waals surface area contributed by atoms with E-state index in [4.69, 9.17) is 60.6 Å². The lowest BCUT2D eigenvalue weighted by Crippen LogP contribution is -2.17. The number of hydrogen-bond donors (Lipinski definition) is 1. The number of ether oxygens (including phenoxy) is 3. The van der Waals surface area contributed by atoms with E-state index in [0.717, 1.165) is 5.56 Å². The molecule has 12 heteroatoms. The van der Waals surface area contributed by atoms with Crippen molar-refractivity contribution >= 4 is 70.5 Å². The Kier molecular flexibility index (Phi) is 11.1.